The first-order valence-corrected chi connectivity index (χ1v) is 6.65. The molecule has 11 heteroatoms. The van der Waals surface area contributed by atoms with Gasteiger partial charge in [-0.3, -0.25) is 9.36 Å². The quantitative estimate of drug-likeness (QED) is 0.461. The number of hydrogen-bond acceptors (Lipinski definition) is 8. The van der Waals surface area contributed by atoms with E-state index in [4.69, 9.17) is 18.9 Å². The lowest BCUT2D eigenvalue weighted by atomic mass is 10.1. The van der Waals surface area contributed by atoms with Crippen LogP contribution in [-0.4, -0.2) is 60.5 Å². The van der Waals surface area contributed by atoms with Crippen molar-refractivity contribution in [1.29, 1.82) is 0 Å². The molecule has 0 spiro atoms. The predicted octanol–water partition coefficient (Wildman–Crippen LogP) is -1.38. The van der Waals surface area contributed by atoms with Crippen LogP contribution in [0.3, 0.4) is 0 Å². The molecule has 1 saturated heterocycles. The van der Waals surface area contributed by atoms with Crippen LogP contribution in [0.15, 0.2) is 21.9 Å². The van der Waals surface area contributed by atoms with Crippen molar-refractivity contribution in [3.63, 3.8) is 0 Å². The number of methoxy groups -OCH3 is 3. The van der Waals surface area contributed by atoms with Crippen LogP contribution in [0.4, 0.5) is 0 Å². The van der Waals surface area contributed by atoms with Gasteiger partial charge >= 0.3 is 11.2 Å². The van der Waals surface area contributed by atoms with Crippen molar-refractivity contribution in [1.82, 2.24) is 9.24 Å². The van der Waals surface area contributed by atoms with E-state index < -0.39 is 40.8 Å². The summed E-state index contributed by atoms with van der Waals surface area (Å²) in [7, 11) is 4.33. The fourth-order valence-electron chi connectivity index (χ4n) is 2.59. The average Bonchev–Trinajstić information content (AvgIpc) is 2.84. The summed E-state index contributed by atoms with van der Waals surface area (Å²) in [6.45, 7) is 0.179. The van der Waals surface area contributed by atoms with Crippen LogP contribution in [0.5, 0.6) is 0 Å². The smallest absolute Gasteiger partial charge is 0.382 e. The lowest BCUT2D eigenvalue weighted by molar-refractivity contribution is -0.549. The molecule has 1 aromatic rings. The summed E-state index contributed by atoms with van der Waals surface area (Å²) in [6, 6.07) is 0.908. The Kier molecular flexibility index (Phi) is 5.26. The van der Waals surface area contributed by atoms with Gasteiger partial charge in [0.05, 0.1) is 6.61 Å². The molecule has 1 fully saturated rings. The topological polar surface area (TPSA) is 124 Å². The lowest BCUT2D eigenvalue weighted by Crippen LogP contribution is -2.46. The zero-order valence-corrected chi connectivity index (χ0v) is 12.8. The zero-order valence-electron chi connectivity index (χ0n) is 12.8. The Morgan fingerprint density at radius 3 is 2.43 bits per heavy atom. The molecule has 0 bridgehead atoms. The second-order valence-electron chi connectivity index (χ2n) is 4.81. The molecule has 11 nitrogen and oxygen atoms in total. The van der Waals surface area contributed by atoms with Crippen LogP contribution < -0.4 is 11.2 Å². The third-order valence-electron chi connectivity index (χ3n) is 3.59. The van der Waals surface area contributed by atoms with Crippen LogP contribution in [0.1, 0.15) is 6.23 Å². The fraction of sp³-hybridized carbons (Fsp3) is 0.667. The Bertz CT molecular complexity index is 684. The number of aromatic nitrogens is 2. The Hall–Kier alpha value is -2.08. The molecule has 1 aliphatic rings. The van der Waals surface area contributed by atoms with Crippen LogP contribution in [-0.2, 0) is 18.9 Å². The van der Waals surface area contributed by atoms with E-state index in [9.17, 15) is 19.7 Å². The van der Waals surface area contributed by atoms with Crippen LogP contribution in [0.2, 0.25) is 0 Å². The summed E-state index contributed by atoms with van der Waals surface area (Å²) in [6.07, 6.45) is -1.67. The van der Waals surface area contributed by atoms with Gasteiger partial charge in [-0.15, -0.1) is 0 Å². The first-order valence-electron chi connectivity index (χ1n) is 6.65. The van der Waals surface area contributed by atoms with Crippen molar-refractivity contribution in [2.45, 2.75) is 24.5 Å². The lowest BCUT2D eigenvalue weighted by Gasteiger charge is -2.22. The number of ether oxygens (including phenoxy) is 4. The zero-order chi connectivity index (χ0) is 17.1. The highest BCUT2D eigenvalue weighted by atomic mass is 16.7. The van der Waals surface area contributed by atoms with E-state index in [1.54, 1.807) is 0 Å². The van der Waals surface area contributed by atoms with Gasteiger partial charge in [0.2, 0.25) is 0 Å². The van der Waals surface area contributed by atoms with Gasteiger partial charge in [0.15, 0.2) is 11.3 Å². The Balaban J connectivity index is 2.49. The SMILES string of the molecule is COCC1OC(n2ccc(=O)n([N+](=O)[O-])c2=O)C(OC)C1OC. The Morgan fingerprint density at radius 2 is 1.91 bits per heavy atom. The average molecular weight is 331 g/mol. The summed E-state index contributed by atoms with van der Waals surface area (Å²) in [5.74, 6) is 0. The molecule has 4 atom stereocenters. The van der Waals surface area contributed by atoms with Crippen molar-refractivity contribution < 1.29 is 24.0 Å². The van der Waals surface area contributed by atoms with E-state index in [-0.39, 0.29) is 11.3 Å². The van der Waals surface area contributed by atoms with Crippen molar-refractivity contribution in [3.8, 4) is 0 Å². The van der Waals surface area contributed by atoms with Gasteiger partial charge in [-0.25, -0.2) is 14.9 Å². The second-order valence-corrected chi connectivity index (χ2v) is 4.81. The number of rotatable bonds is 6. The van der Waals surface area contributed by atoms with Gasteiger partial charge < -0.3 is 18.9 Å². The maximum Gasteiger partial charge on any atom is 0.394 e. The van der Waals surface area contributed by atoms with E-state index in [2.05, 4.69) is 0 Å². The first kappa shape index (κ1) is 17.3. The minimum atomic E-state index is -1.14. The highest BCUT2D eigenvalue weighted by Crippen LogP contribution is 2.32. The molecule has 23 heavy (non-hydrogen) atoms. The van der Waals surface area contributed by atoms with Crippen LogP contribution in [0.25, 0.3) is 0 Å². The minimum absolute atomic E-state index is 0.0957. The summed E-state index contributed by atoms with van der Waals surface area (Å²) in [4.78, 5) is 34.6. The number of nitro groups is 1. The molecule has 128 valence electrons. The third kappa shape index (κ3) is 3.03. The predicted molar refractivity (Wildman–Crippen MR) is 74.7 cm³/mol. The molecule has 2 rings (SSSR count). The summed E-state index contributed by atoms with van der Waals surface area (Å²) in [5, 5.41) is 9.80. The summed E-state index contributed by atoms with van der Waals surface area (Å²) < 4.78 is 22.2. The van der Waals surface area contributed by atoms with E-state index in [1.165, 1.54) is 21.3 Å². The van der Waals surface area contributed by atoms with E-state index in [0.717, 1.165) is 16.8 Å². The molecule has 1 aliphatic heterocycles. The highest BCUT2D eigenvalue weighted by molar-refractivity contribution is 4.95. The number of nitrogens with zero attached hydrogens (tertiary/aromatic N) is 3. The Morgan fingerprint density at radius 1 is 1.26 bits per heavy atom. The third-order valence-corrected chi connectivity index (χ3v) is 3.59. The monoisotopic (exact) mass is 331 g/mol. The van der Waals surface area contributed by atoms with Gasteiger partial charge in [0.1, 0.15) is 18.3 Å². The molecule has 0 radical (unpaired) electrons. The molecular weight excluding hydrogens is 314 g/mol. The molecule has 2 heterocycles. The van der Waals surface area contributed by atoms with Gasteiger partial charge in [-0.05, 0) is 0 Å². The summed E-state index contributed by atoms with van der Waals surface area (Å²) >= 11 is 0. The van der Waals surface area contributed by atoms with E-state index in [1.807, 2.05) is 0 Å². The van der Waals surface area contributed by atoms with Gasteiger partial charge in [0, 0.05) is 38.3 Å². The van der Waals surface area contributed by atoms with Gasteiger partial charge in [0.25, 0.3) is 0 Å². The second kappa shape index (κ2) is 7.00. The van der Waals surface area contributed by atoms with E-state index >= 15 is 0 Å². The molecule has 4 unspecified atom stereocenters. The van der Waals surface area contributed by atoms with Crippen LogP contribution in [0, 0.1) is 10.1 Å². The standard InChI is InChI=1S/C12H17N3O8/c1-20-6-7-9(21-2)10(22-3)11(23-7)13-5-4-8(16)14(12(13)17)15(18)19/h4-5,7,9-11H,6H2,1-3H3. The van der Waals surface area contributed by atoms with E-state index in [0.29, 0.717) is 0 Å². The maximum atomic E-state index is 12.2. The largest absolute Gasteiger partial charge is 0.394 e. The van der Waals surface area contributed by atoms with Crippen molar-refractivity contribution >= 4 is 0 Å². The Labute approximate surface area is 130 Å². The fourth-order valence-corrected chi connectivity index (χ4v) is 2.59. The molecule has 0 N–H and O–H groups in total. The maximum absolute atomic E-state index is 12.2. The van der Waals surface area contributed by atoms with Crippen molar-refractivity contribution in [3.05, 3.63) is 43.2 Å². The molecule has 0 amide bonds. The van der Waals surface area contributed by atoms with Gasteiger partial charge in [-0.2, -0.15) is 0 Å². The van der Waals surface area contributed by atoms with Crippen molar-refractivity contribution in [2.75, 3.05) is 27.9 Å². The minimum Gasteiger partial charge on any atom is -0.382 e. The molecule has 0 aromatic carbocycles. The molecule has 0 aliphatic carbocycles. The highest BCUT2D eigenvalue weighted by Gasteiger charge is 2.47. The number of hydrogen-bond donors (Lipinski definition) is 0. The molecular formula is C12H17N3O8. The molecule has 0 saturated carbocycles. The normalized spacial score (nSPS) is 27.3. The summed E-state index contributed by atoms with van der Waals surface area (Å²) in [5.41, 5.74) is -2.18. The van der Waals surface area contributed by atoms with Crippen LogP contribution >= 0.6 is 0 Å². The first-order chi connectivity index (χ1) is 11.0. The van der Waals surface area contributed by atoms with Gasteiger partial charge in [-0.1, -0.05) is 0 Å². The van der Waals surface area contributed by atoms with Crippen molar-refractivity contribution in [2.24, 2.45) is 0 Å². The molecule has 1 aromatic heterocycles.